The molecule has 1 aliphatic rings. The van der Waals surface area contributed by atoms with Crippen LogP contribution in [0.2, 0.25) is 0 Å². The smallest absolute Gasteiger partial charge is 0.267 e. The molecule has 0 radical (unpaired) electrons. The van der Waals surface area contributed by atoms with Crippen LogP contribution in [-0.4, -0.2) is 23.7 Å². The molecule has 9 heteroatoms. The van der Waals surface area contributed by atoms with Gasteiger partial charge < -0.3 is 0 Å². The van der Waals surface area contributed by atoms with Crippen molar-refractivity contribution in [2.24, 2.45) is 0 Å². The number of carbonyl (C=O) groups is 1. The number of rotatable bonds is 4. The standard InChI is InChI=1S/C15H12N2O3S4/c1-10-4-6-12(7-5-10)24(19,20)16-17-14(18)13(23-15(17)21)9-11-3-2-8-22-11/h2-9,16H,1H3/b13-9+. The molecule has 1 saturated heterocycles. The Kier molecular flexibility index (Phi) is 4.88. The number of sulfonamides is 1. The molecule has 124 valence electrons. The van der Waals surface area contributed by atoms with Gasteiger partial charge in [0.1, 0.15) is 0 Å². The van der Waals surface area contributed by atoms with E-state index in [4.69, 9.17) is 12.2 Å². The normalized spacial score (nSPS) is 17.0. The molecular weight excluding hydrogens is 384 g/mol. The maximum Gasteiger partial charge on any atom is 0.281 e. The van der Waals surface area contributed by atoms with Crippen LogP contribution < -0.4 is 4.83 Å². The molecule has 3 rings (SSSR count). The maximum absolute atomic E-state index is 12.4. The largest absolute Gasteiger partial charge is 0.281 e. The van der Waals surface area contributed by atoms with Crippen molar-refractivity contribution in [3.8, 4) is 0 Å². The van der Waals surface area contributed by atoms with Crippen molar-refractivity contribution in [2.45, 2.75) is 11.8 Å². The van der Waals surface area contributed by atoms with Gasteiger partial charge in [-0.2, -0.15) is 0 Å². The molecule has 1 aromatic carbocycles. The number of thiocarbonyl (C=S) groups is 1. The van der Waals surface area contributed by atoms with Gasteiger partial charge in [0.2, 0.25) is 0 Å². The van der Waals surface area contributed by atoms with Crippen molar-refractivity contribution in [1.29, 1.82) is 0 Å². The van der Waals surface area contributed by atoms with Crippen molar-refractivity contribution < 1.29 is 13.2 Å². The molecule has 1 fully saturated rings. The number of aryl methyl sites for hydroxylation is 1. The molecule has 0 spiro atoms. The van der Waals surface area contributed by atoms with Crippen molar-refractivity contribution >= 4 is 61.6 Å². The Morgan fingerprint density at radius 1 is 1.21 bits per heavy atom. The van der Waals surface area contributed by atoms with Gasteiger partial charge in [0.15, 0.2) is 4.32 Å². The van der Waals surface area contributed by atoms with Crippen molar-refractivity contribution in [1.82, 2.24) is 9.84 Å². The zero-order chi connectivity index (χ0) is 17.3. The lowest BCUT2D eigenvalue weighted by molar-refractivity contribution is -0.123. The number of thiophene rings is 1. The van der Waals surface area contributed by atoms with Gasteiger partial charge >= 0.3 is 0 Å². The highest BCUT2D eigenvalue weighted by molar-refractivity contribution is 8.26. The van der Waals surface area contributed by atoms with Gasteiger partial charge in [0.25, 0.3) is 15.9 Å². The van der Waals surface area contributed by atoms with E-state index in [9.17, 15) is 13.2 Å². The van der Waals surface area contributed by atoms with Crippen LogP contribution in [-0.2, 0) is 14.8 Å². The first-order valence-electron chi connectivity index (χ1n) is 6.77. The second-order valence-electron chi connectivity index (χ2n) is 4.94. The number of thioether (sulfide) groups is 1. The van der Waals surface area contributed by atoms with Crippen LogP contribution in [0.15, 0.2) is 51.6 Å². The molecule has 24 heavy (non-hydrogen) atoms. The lowest BCUT2D eigenvalue weighted by Gasteiger charge is -2.16. The maximum atomic E-state index is 12.4. The molecule has 1 aliphatic heterocycles. The Morgan fingerprint density at radius 2 is 1.92 bits per heavy atom. The fourth-order valence-electron chi connectivity index (χ4n) is 1.94. The molecular formula is C15H12N2O3S4. The van der Waals surface area contributed by atoms with Crippen LogP contribution in [0, 0.1) is 6.92 Å². The summed E-state index contributed by atoms with van der Waals surface area (Å²) in [5.41, 5.74) is 0.943. The monoisotopic (exact) mass is 396 g/mol. The van der Waals surface area contributed by atoms with Gasteiger partial charge in [-0.1, -0.05) is 47.7 Å². The highest BCUT2D eigenvalue weighted by Crippen LogP contribution is 2.32. The van der Waals surface area contributed by atoms with Gasteiger partial charge in [0, 0.05) is 4.88 Å². The number of carbonyl (C=O) groups excluding carboxylic acids is 1. The number of benzene rings is 1. The summed E-state index contributed by atoms with van der Waals surface area (Å²) in [5, 5.41) is 2.79. The van der Waals surface area contributed by atoms with Gasteiger partial charge in [0.05, 0.1) is 9.80 Å². The van der Waals surface area contributed by atoms with Crippen LogP contribution in [0.1, 0.15) is 10.4 Å². The lowest BCUT2D eigenvalue weighted by atomic mass is 10.2. The number of hydrazine groups is 1. The first kappa shape index (κ1) is 17.3. The molecule has 2 heterocycles. The average Bonchev–Trinajstić information content (AvgIpc) is 3.12. The third-order valence-corrected chi connectivity index (χ3v) is 6.59. The molecule has 1 amide bonds. The SMILES string of the molecule is Cc1ccc(S(=O)(=O)NN2C(=O)/C(=C\c3cccs3)SC2=S)cc1. The van der Waals surface area contributed by atoms with Crippen LogP contribution in [0.3, 0.4) is 0 Å². The zero-order valence-electron chi connectivity index (χ0n) is 12.4. The highest BCUT2D eigenvalue weighted by Gasteiger charge is 2.35. The van der Waals surface area contributed by atoms with Crippen LogP contribution in [0.25, 0.3) is 6.08 Å². The summed E-state index contributed by atoms with van der Waals surface area (Å²) in [6, 6.07) is 10.1. The van der Waals surface area contributed by atoms with E-state index < -0.39 is 15.9 Å². The van der Waals surface area contributed by atoms with Crippen LogP contribution >= 0.6 is 35.3 Å². The lowest BCUT2D eigenvalue weighted by Crippen LogP contribution is -2.44. The predicted molar refractivity (Wildman–Crippen MR) is 101 cm³/mol. The van der Waals surface area contributed by atoms with E-state index in [0.717, 1.165) is 27.2 Å². The van der Waals surface area contributed by atoms with Gasteiger partial charge in [-0.15, -0.1) is 16.2 Å². The molecule has 1 N–H and O–H groups in total. The Labute approximate surface area is 153 Å². The van der Waals surface area contributed by atoms with Crippen molar-refractivity contribution in [2.75, 3.05) is 0 Å². The fraction of sp³-hybridized carbons (Fsp3) is 0.0667. The number of hydrogen-bond donors (Lipinski definition) is 1. The van der Waals surface area contributed by atoms with E-state index >= 15 is 0 Å². The highest BCUT2D eigenvalue weighted by atomic mass is 32.2. The number of hydrogen-bond acceptors (Lipinski definition) is 6. The summed E-state index contributed by atoms with van der Waals surface area (Å²) < 4.78 is 25.0. The van der Waals surface area contributed by atoms with E-state index in [2.05, 4.69) is 4.83 Å². The van der Waals surface area contributed by atoms with Crippen LogP contribution in [0.4, 0.5) is 0 Å². The first-order chi connectivity index (χ1) is 11.4. The molecule has 0 aliphatic carbocycles. The summed E-state index contributed by atoms with van der Waals surface area (Å²) in [4.78, 5) is 16.0. The molecule has 1 aromatic heterocycles. The van der Waals surface area contributed by atoms with Gasteiger partial charge in [-0.25, -0.2) is 13.4 Å². The molecule has 0 atom stereocenters. The predicted octanol–water partition coefficient (Wildman–Crippen LogP) is 3.15. The van der Waals surface area contributed by atoms with Crippen molar-refractivity contribution in [3.63, 3.8) is 0 Å². The Morgan fingerprint density at radius 3 is 2.54 bits per heavy atom. The van der Waals surface area contributed by atoms with Crippen LogP contribution in [0.5, 0.6) is 0 Å². The minimum Gasteiger partial charge on any atom is -0.267 e. The summed E-state index contributed by atoms with van der Waals surface area (Å²) in [5.74, 6) is -0.478. The third kappa shape index (κ3) is 3.60. The zero-order valence-corrected chi connectivity index (χ0v) is 15.7. The minimum atomic E-state index is -3.88. The second kappa shape index (κ2) is 6.77. The molecule has 0 unspecified atom stereocenters. The quantitative estimate of drug-likeness (QED) is 0.635. The molecule has 5 nitrogen and oxygen atoms in total. The number of amides is 1. The van der Waals surface area contributed by atoms with E-state index in [1.54, 1.807) is 18.2 Å². The number of nitrogens with zero attached hydrogens (tertiary/aromatic N) is 1. The summed E-state index contributed by atoms with van der Waals surface area (Å²) in [6.07, 6.45) is 1.70. The summed E-state index contributed by atoms with van der Waals surface area (Å²) in [7, 11) is -3.88. The summed E-state index contributed by atoms with van der Waals surface area (Å²) in [6.45, 7) is 1.86. The van der Waals surface area contributed by atoms with Crippen molar-refractivity contribution in [3.05, 3.63) is 57.1 Å². The number of nitrogens with one attached hydrogen (secondary N) is 1. The Hall–Kier alpha value is -1.52. The van der Waals surface area contributed by atoms with Gasteiger partial charge in [-0.3, -0.25) is 4.79 Å². The van der Waals surface area contributed by atoms with E-state index in [1.165, 1.54) is 23.5 Å². The Bertz CT molecular complexity index is 916. The summed E-state index contributed by atoms with van der Waals surface area (Å²) >= 11 is 7.68. The molecule has 0 saturated carbocycles. The van der Waals surface area contributed by atoms with Gasteiger partial charge in [-0.05, 0) is 36.6 Å². The van der Waals surface area contributed by atoms with E-state index in [0.29, 0.717) is 4.91 Å². The average molecular weight is 397 g/mol. The topological polar surface area (TPSA) is 66.5 Å². The Balaban J connectivity index is 1.83. The minimum absolute atomic E-state index is 0.0735. The van der Waals surface area contributed by atoms with E-state index in [-0.39, 0.29) is 9.22 Å². The fourth-order valence-corrected chi connectivity index (χ4v) is 4.97. The molecule has 0 bridgehead atoms. The van der Waals surface area contributed by atoms with E-state index in [1.807, 2.05) is 24.4 Å². The molecule has 2 aromatic rings. The third-order valence-electron chi connectivity index (χ3n) is 3.15. The second-order valence-corrected chi connectivity index (χ2v) is 9.26. The first-order valence-corrected chi connectivity index (χ1v) is 10.4.